The molecule has 4 nitrogen and oxygen atoms in total. The Labute approximate surface area is 98.5 Å². The van der Waals surface area contributed by atoms with E-state index in [1.807, 2.05) is 19.4 Å². The van der Waals surface area contributed by atoms with E-state index < -0.39 is 0 Å². The van der Waals surface area contributed by atoms with Crippen LogP contribution in [0.1, 0.15) is 25.6 Å². The summed E-state index contributed by atoms with van der Waals surface area (Å²) < 4.78 is 2.06. The Morgan fingerprint density at radius 2 is 2.31 bits per heavy atom. The SMILES string of the molecule is CCCC(CN)CN(C)Cc1nccn1C. The summed E-state index contributed by atoms with van der Waals surface area (Å²) in [4.78, 5) is 6.63. The van der Waals surface area contributed by atoms with Crippen LogP contribution >= 0.6 is 0 Å². The van der Waals surface area contributed by atoms with Gasteiger partial charge in [0.15, 0.2) is 0 Å². The first kappa shape index (κ1) is 13.2. The largest absolute Gasteiger partial charge is 0.337 e. The maximum absolute atomic E-state index is 5.76. The lowest BCUT2D eigenvalue weighted by molar-refractivity contribution is 0.255. The minimum absolute atomic E-state index is 0.607. The lowest BCUT2D eigenvalue weighted by atomic mass is 10.0. The fourth-order valence-corrected chi connectivity index (χ4v) is 1.99. The highest BCUT2D eigenvalue weighted by molar-refractivity contribution is 4.90. The Bertz CT molecular complexity index is 295. The molecule has 0 spiro atoms. The molecule has 1 heterocycles. The minimum atomic E-state index is 0.607. The summed E-state index contributed by atoms with van der Waals surface area (Å²) in [6, 6.07) is 0. The maximum atomic E-state index is 5.76. The van der Waals surface area contributed by atoms with Crippen molar-refractivity contribution in [3.8, 4) is 0 Å². The highest BCUT2D eigenvalue weighted by atomic mass is 15.2. The Balaban J connectivity index is 2.40. The van der Waals surface area contributed by atoms with E-state index in [1.165, 1.54) is 12.8 Å². The molecule has 0 amide bonds. The van der Waals surface area contributed by atoms with Gasteiger partial charge in [0.1, 0.15) is 5.82 Å². The van der Waals surface area contributed by atoms with Crippen LogP contribution in [0, 0.1) is 5.92 Å². The molecule has 0 radical (unpaired) electrons. The molecule has 1 atom stereocenters. The molecule has 1 aromatic heterocycles. The van der Waals surface area contributed by atoms with Crippen LogP contribution in [0.2, 0.25) is 0 Å². The zero-order chi connectivity index (χ0) is 12.0. The number of nitrogens with zero attached hydrogens (tertiary/aromatic N) is 3. The number of hydrogen-bond donors (Lipinski definition) is 1. The molecule has 0 fully saturated rings. The molecule has 0 saturated heterocycles. The summed E-state index contributed by atoms with van der Waals surface area (Å²) in [5, 5.41) is 0. The molecule has 1 rings (SSSR count). The third-order valence-corrected chi connectivity index (χ3v) is 2.93. The number of nitrogens with two attached hydrogens (primary N) is 1. The third kappa shape index (κ3) is 3.94. The first-order chi connectivity index (χ1) is 7.67. The lowest BCUT2D eigenvalue weighted by Gasteiger charge is -2.22. The summed E-state index contributed by atoms with van der Waals surface area (Å²) in [7, 11) is 4.16. The van der Waals surface area contributed by atoms with E-state index in [9.17, 15) is 0 Å². The van der Waals surface area contributed by atoms with E-state index in [1.54, 1.807) is 0 Å². The molecule has 2 N–H and O–H groups in total. The minimum Gasteiger partial charge on any atom is -0.337 e. The topological polar surface area (TPSA) is 47.1 Å². The van der Waals surface area contributed by atoms with Crippen molar-refractivity contribution in [1.29, 1.82) is 0 Å². The zero-order valence-electron chi connectivity index (χ0n) is 10.7. The predicted octanol–water partition coefficient (Wildman–Crippen LogP) is 1.23. The molecule has 1 unspecified atom stereocenters. The monoisotopic (exact) mass is 224 g/mol. The summed E-state index contributed by atoms with van der Waals surface area (Å²) in [5.41, 5.74) is 5.76. The second-order valence-corrected chi connectivity index (χ2v) is 4.54. The van der Waals surface area contributed by atoms with Crippen molar-refractivity contribution in [2.75, 3.05) is 20.1 Å². The number of aryl methyl sites for hydroxylation is 1. The van der Waals surface area contributed by atoms with Crippen molar-refractivity contribution < 1.29 is 0 Å². The molecule has 92 valence electrons. The van der Waals surface area contributed by atoms with Crippen molar-refractivity contribution >= 4 is 0 Å². The van der Waals surface area contributed by atoms with Gasteiger partial charge in [-0.25, -0.2) is 4.98 Å². The molecule has 16 heavy (non-hydrogen) atoms. The molecule has 0 aliphatic carbocycles. The van der Waals surface area contributed by atoms with Crippen molar-refractivity contribution in [2.24, 2.45) is 18.7 Å². The Hall–Kier alpha value is -0.870. The van der Waals surface area contributed by atoms with E-state index in [0.717, 1.165) is 25.5 Å². The average molecular weight is 224 g/mol. The van der Waals surface area contributed by atoms with Gasteiger partial charge in [0.2, 0.25) is 0 Å². The van der Waals surface area contributed by atoms with Crippen LogP contribution in [0.3, 0.4) is 0 Å². The van der Waals surface area contributed by atoms with Crippen molar-refractivity contribution in [3.05, 3.63) is 18.2 Å². The molecular formula is C12H24N4. The van der Waals surface area contributed by atoms with Gasteiger partial charge in [0.05, 0.1) is 6.54 Å². The smallest absolute Gasteiger partial charge is 0.122 e. The van der Waals surface area contributed by atoms with Crippen LogP contribution in [-0.2, 0) is 13.6 Å². The van der Waals surface area contributed by atoms with Crippen LogP contribution in [0.15, 0.2) is 12.4 Å². The predicted molar refractivity (Wildman–Crippen MR) is 67.0 cm³/mol. The molecule has 0 aromatic carbocycles. The van der Waals surface area contributed by atoms with Crippen LogP contribution in [-0.4, -0.2) is 34.6 Å². The third-order valence-electron chi connectivity index (χ3n) is 2.93. The Morgan fingerprint density at radius 3 is 2.81 bits per heavy atom. The van der Waals surface area contributed by atoms with Gasteiger partial charge in [0, 0.05) is 26.0 Å². The molecule has 1 aromatic rings. The summed E-state index contributed by atoms with van der Waals surface area (Å²) >= 11 is 0. The van der Waals surface area contributed by atoms with Gasteiger partial charge in [-0.05, 0) is 25.9 Å². The van der Waals surface area contributed by atoms with Crippen molar-refractivity contribution in [3.63, 3.8) is 0 Å². The van der Waals surface area contributed by atoms with Gasteiger partial charge in [-0.3, -0.25) is 4.90 Å². The quantitative estimate of drug-likeness (QED) is 0.757. The number of hydrogen-bond acceptors (Lipinski definition) is 3. The fourth-order valence-electron chi connectivity index (χ4n) is 1.99. The van der Waals surface area contributed by atoms with Gasteiger partial charge < -0.3 is 10.3 Å². The number of imidazole rings is 1. The van der Waals surface area contributed by atoms with Crippen LogP contribution in [0.25, 0.3) is 0 Å². The lowest BCUT2D eigenvalue weighted by Crippen LogP contribution is -2.30. The standard InChI is InChI=1S/C12H24N4/c1-4-5-11(8-13)9-15(2)10-12-14-6-7-16(12)3/h6-7,11H,4-5,8-10,13H2,1-3H3. The van der Waals surface area contributed by atoms with E-state index >= 15 is 0 Å². The normalized spacial score (nSPS) is 13.3. The molecule has 0 saturated carbocycles. The van der Waals surface area contributed by atoms with Gasteiger partial charge in [0.25, 0.3) is 0 Å². The first-order valence-corrected chi connectivity index (χ1v) is 6.02. The van der Waals surface area contributed by atoms with Crippen LogP contribution in [0.5, 0.6) is 0 Å². The maximum Gasteiger partial charge on any atom is 0.122 e. The van der Waals surface area contributed by atoms with Crippen molar-refractivity contribution in [2.45, 2.75) is 26.3 Å². The Kier molecular flexibility index (Phi) is 5.49. The number of rotatable bonds is 7. The average Bonchev–Trinajstić information content (AvgIpc) is 2.64. The van der Waals surface area contributed by atoms with Crippen LogP contribution < -0.4 is 5.73 Å². The van der Waals surface area contributed by atoms with Gasteiger partial charge >= 0.3 is 0 Å². The molecule has 0 bridgehead atoms. The highest BCUT2D eigenvalue weighted by Gasteiger charge is 2.10. The molecule has 4 heteroatoms. The summed E-state index contributed by atoms with van der Waals surface area (Å²) in [6.07, 6.45) is 6.24. The van der Waals surface area contributed by atoms with E-state index in [0.29, 0.717) is 5.92 Å². The second-order valence-electron chi connectivity index (χ2n) is 4.54. The highest BCUT2D eigenvalue weighted by Crippen LogP contribution is 2.08. The number of aromatic nitrogens is 2. The van der Waals surface area contributed by atoms with E-state index in [-0.39, 0.29) is 0 Å². The van der Waals surface area contributed by atoms with Crippen molar-refractivity contribution in [1.82, 2.24) is 14.5 Å². The van der Waals surface area contributed by atoms with Gasteiger partial charge in [-0.15, -0.1) is 0 Å². The molecule has 0 aliphatic rings. The van der Waals surface area contributed by atoms with E-state index in [4.69, 9.17) is 5.73 Å². The fraction of sp³-hybridized carbons (Fsp3) is 0.750. The van der Waals surface area contributed by atoms with E-state index in [2.05, 4.69) is 28.4 Å². The molecule has 0 aliphatic heterocycles. The van der Waals surface area contributed by atoms with Gasteiger partial charge in [-0.1, -0.05) is 13.3 Å². The first-order valence-electron chi connectivity index (χ1n) is 6.02. The zero-order valence-corrected chi connectivity index (χ0v) is 10.7. The Morgan fingerprint density at radius 1 is 1.56 bits per heavy atom. The van der Waals surface area contributed by atoms with Crippen LogP contribution in [0.4, 0.5) is 0 Å². The summed E-state index contributed by atoms with van der Waals surface area (Å²) in [5.74, 6) is 1.71. The molecular weight excluding hydrogens is 200 g/mol. The second kappa shape index (κ2) is 6.66. The van der Waals surface area contributed by atoms with Gasteiger partial charge in [-0.2, -0.15) is 0 Å². The summed E-state index contributed by atoms with van der Waals surface area (Å²) in [6.45, 7) is 4.93.